The predicted octanol–water partition coefficient (Wildman–Crippen LogP) is 2.42. The fourth-order valence-corrected chi connectivity index (χ4v) is 2.45. The van der Waals surface area contributed by atoms with Gasteiger partial charge in [-0.1, -0.05) is 26.0 Å². The summed E-state index contributed by atoms with van der Waals surface area (Å²) in [6, 6.07) is 7.77. The molecule has 0 unspecified atom stereocenters. The van der Waals surface area contributed by atoms with Gasteiger partial charge in [0.15, 0.2) is 0 Å². The summed E-state index contributed by atoms with van der Waals surface area (Å²) in [5.41, 5.74) is 6.46. The Kier molecular flexibility index (Phi) is 6.02. The lowest BCUT2D eigenvalue weighted by Gasteiger charge is -2.33. The lowest BCUT2D eigenvalue weighted by atomic mass is 9.81. The first-order chi connectivity index (χ1) is 9.52. The van der Waals surface area contributed by atoms with E-state index in [4.69, 9.17) is 10.5 Å². The molecule has 0 radical (unpaired) electrons. The quantitative estimate of drug-likeness (QED) is 0.833. The Labute approximate surface area is 121 Å². The fraction of sp³-hybridized carbons (Fsp3) is 0.562. The van der Waals surface area contributed by atoms with Gasteiger partial charge in [0.1, 0.15) is 5.75 Å². The van der Waals surface area contributed by atoms with E-state index in [0.29, 0.717) is 13.1 Å². The molecule has 20 heavy (non-hydrogen) atoms. The fourth-order valence-electron chi connectivity index (χ4n) is 2.45. The van der Waals surface area contributed by atoms with E-state index in [1.807, 2.05) is 45.2 Å². The maximum absolute atomic E-state index is 12.6. The smallest absolute Gasteiger partial charge is 0.230 e. The van der Waals surface area contributed by atoms with Crippen LogP contribution in [0.15, 0.2) is 24.3 Å². The van der Waals surface area contributed by atoms with Gasteiger partial charge in [-0.3, -0.25) is 4.79 Å². The van der Waals surface area contributed by atoms with Gasteiger partial charge in [0, 0.05) is 20.1 Å². The van der Waals surface area contributed by atoms with E-state index in [2.05, 4.69) is 0 Å². The van der Waals surface area contributed by atoms with Crippen molar-refractivity contribution in [3.63, 3.8) is 0 Å². The first kappa shape index (κ1) is 16.5. The van der Waals surface area contributed by atoms with E-state index in [9.17, 15) is 4.79 Å². The molecular weight excluding hydrogens is 252 g/mol. The van der Waals surface area contributed by atoms with Crippen LogP contribution in [0.2, 0.25) is 0 Å². The second kappa shape index (κ2) is 7.29. The monoisotopic (exact) mass is 278 g/mol. The summed E-state index contributed by atoms with van der Waals surface area (Å²) >= 11 is 0. The van der Waals surface area contributed by atoms with Crippen molar-refractivity contribution in [3.8, 4) is 5.75 Å². The van der Waals surface area contributed by atoms with E-state index in [1.165, 1.54) is 0 Å². The van der Waals surface area contributed by atoms with Crippen LogP contribution < -0.4 is 10.5 Å². The summed E-state index contributed by atoms with van der Waals surface area (Å²) in [7, 11) is 3.47. The molecule has 1 aromatic carbocycles. The minimum absolute atomic E-state index is 0.118. The number of hydrogen-bond acceptors (Lipinski definition) is 3. The summed E-state index contributed by atoms with van der Waals surface area (Å²) in [6.45, 7) is 5.00. The largest absolute Gasteiger partial charge is 0.497 e. The van der Waals surface area contributed by atoms with Gasteiger partial charge in [-0.2, -0.15) is 0 Å². The summed E-state index contributed by atoms with van der Waals surface area (Å²) in [6.07, 6.45) is 1.53. The van der Waals surface area contributed by atoms with Gasteiger partial charge in [0.2, 0.25) is 5.91 Å². The molecule has 0 heterocycles. The Morgan fingerprint density at radius 2 is 2.00 bits per heavy atom. The molecule has 0 saturated carbocycles. The van der Waals surface area contributed by atoms with Crippen LogP contribution in [0, 0.1) is 5.41 Å². The molecule has 0 fully saturated rings. The van der Waals surface area contributed by atoms with Gasteiger partial charge in [-0.25, -0.2) is 0 Å². The van der Waals surface area contributed by atoms with Crippen molar-refractivity contribution in [1.82, 2.24) is 4.90 Å². The Morgan fingerprint density at radius 1 is 1.35 bits per heavy atom. The van der Waals surface area contributed by atoms with Crippen molar-refractivity contribution in [2.45, 2.75) is 33.2 Å². The van der Waals surface area contributed by atoms with Crippen molar-refractivity contribution in [2.24, 2.45) is 11.1 Å². The molecule has 2 N–H and O–H groups in total. The summed E-state index contributed by atoms with van der Waals surface area (Å²) in [5, 5.41) is 0. The van der Waals surface area contributed by atoms with E-state index in [0.717, 1.165) is 24.2 Å². The molecule has 0 aromatic heterocycles. The number of benzene rings is 1. The van der Waals surface area contributed by atoms with Crippen molar-refractivity contribution in [2.75, 3.05) is 20.7 Å². The maximum Gasteiger partial charge on any atom is 0.230 e. The highest BCUT2D eigenvalue weighted by atomic mass is 16.5. The highest BCUT2D eigenvalue weighted by Crippen LogP contribution is 2.28. The van der Waals surface area contributed by atoms with Gasteiger partial charge in [0.05, 0.1) is 12.5 Å². The van der Waals surface area contributed by atoms with Crippen molar-refractivity contribution < 1.29 is 9.53 Å². The number of methoxy groups -OCH3 is 1. The first-order valence-electron chi connectivity index (χ1n) is 7.11. The molecule has 0 aliphatic rings. The average molecular weight is 278 g/mol. The van der Waals surface area contributed by atoms with Gasteiger partial charge in [-0.05, 0) is 30.5 Å². The Balaban J connectivity index is 2.84. The van der Waals surface area contributed by atoms with Crippen LogP contribution in [0.5, 0.6) is 5.75 Å². The zero-order chi connectivity index (χ0) is 15.2. The Morgan fingerprint density at radius 3 is 2.50 bits per heavy atom. The van der Waals surface area contributed by atoms with Crippen LogP contribution in [-0.4, -0.2) is 31.5 Å². The SMILES string of the molecule is CCC(CC)(CN)C(=O)N(C)Cc1cccc(OC)c1. The van der Waals surface area contributed by atoms with Gasteiger partial charge < -0.3 is 15.4 Å². The summed E-state index contributed by atoms with van der Waals surface area (Å²) in [5.74, 6) is 0.923. The molecule has 1 amide bonds. The first-order valence-corrected chi connectivity index (χ1v) is 7.11. The molecule has 0 saturated heterocycles. The third-order valence-electron chi connectivity index (χ3n) is 4.10. The normalized spacial score (nSPS) is 11.2. The molecule has 0 atom stereocenters. The average Bonchev–Trinajstić information content (AvgIpc) is 2.49. The van der Waals surface area contributed by atoms with Gasteiger partial charge in [0.25, 0.3) is 0 Å². The van der Waals surface area contributed by atoms with Crippen molar-refractivity contribution in [3.05, 3.63) is 29.8 Å². The lowest BCUT2D eigenvalue weighted by molar-refractivity contribution is -0.141. The molecule has 4 heteroatoms. The number of nitrogens with two attached hydrogens (primary N) is 1. The minimum Gasteiger partial charge on any atom is -0.497 e. The van der Waals surface area contributed by atoms with Crippen LogP contribution in [-0.2, 0) is 11.3 Å². The zero-order valence-corrected chi connectivity index (χ0v) is 13.0. The number of hydrogen-bond donors (Lipinski definition) is 1. The highest BCUT2D eigenvalue weighted by molar-refractivity contribution is 5.82. The maximum atomic E-state index is 12.6. The highest BCUT2D eigenvalue weighted by Gasteiger charge is 2.35. The summed E-state index contributed by atoms with van der Waals surface area (Å²) < 4.78 is 5.20. The van der Waals surface area contributed by atoms with E-state index < -0.39 is 5.41 Å². The third kappa shape index (κ3) is 3.51. The van der Waals surface area contributed by atoms with Gasteiger partial charge >= 0.3 is 0 Å². The second-order valence-corrected chi connectivity index (χ2v) is 5.20. The number of rotatable bonds is 7. The van der Waals surface area contributed by atoms with E-state index in [-0.39, 0.29) is 5.91 Å². The third-order valence-corrected chi connectivity index (χ3v) is 4.10. The molecule has 0 spiro atoms. The Bertz CT molecular complexity index is 434. The van der Waals surface area contributed by atoms with Crippen LogP contribution in [0.1, 0.15) is 32.3 Å². The number of carbonyl (C=O) groups is 1. The summed E-state index contributed by atoms with van der Waals surface area (Å²) in [4.78, 5) is 14.4. The van der Waals surface area contributed by atoms with Crippen LogP contribution >= 0.6 is 0 Å². The van der Waals surface area contributed by atoms with Crippen molar-refractivity contribution >= 4 is 5.91 Å². The zero-order valence-electron chi connectivity index (χ0n) is 13.0. The van der Waals surface area contributed by atoms with E-state index >= 15 is 0 Å². The van der Waals surface area contributed by atoms with Crippen molar-refractivity contribution in [1.29, 1.82) is 0 Å². The van der Waals surface area contributed by atoms with Gasteiger partial charge in [-0.15, -0.1) is 0 Å². The number of carbonyl (C=O) groups excluding carboxylic acids is 1. The molecule has 0 aliphatic heterocycles. The van der Waals surface area contributed by atoms with E-state index in [1.54, 1.807) is 12.0 Å². The molecule has 1 aromatic rings. The molecule has 112 valence electrons. The minimum atomic E-state index is -0.437. The van der Waals surface area contributed by atoms with Crippen LogP contribution in [0.3, 0.4) is 0 Å². The number of amides is 1. The predicted molar refractivity (Wildman–Crippen MR) is 81.5 cm³/mol. The molecular formula is C16H26N2O2. The lowest BCUT2D eigenvalue weighted by Crippen LogP contribution is -2.45. The molecule has 0 bridgehead atoms. The number of ether oxygens (including phenoxy) is 1. The number of nitrogens with zero attached hydrogens (tertiary/aromatic N) is 1. The second-order valence-electron chi connectivity index (χ2n) is 5.20. The molecule has 1 rings (SSSR count). The standard InChI is InChI=1S/C16H26N2O2/c1-5-16(6-2,12-17)15(19)18(3)11-13-8-7-9-14(10-13)20-4/h7-10H,5-6,11-12,17H2,1-4H3. The Hall–Kier alpha value is -1.55. The molecule has 4 nitrogen and oxygen atoms in total. The topological polar surface area (TPSA) is 55.6 Å². The molecule has 0 aliphatic carbocycles. The van der Waals surface area contributed by atoms with Crippen LogP contribution in [0.25, 0.3) is 0 Å². The van der Waals surface area contributed by atoms with Crippen LogP contribution in [0.4, 0.5) is 0 Å².